The third-order valence-electron chi connectivity index (χ3n) is 5.59. The molecule has 0 aliphatic carbocycles. The third kappa shape index (κ3) is 7.60. The number of ether oxygens (including phenoxy) is 1. The van der Waals surface area contributed by atoms with E-state index in [-0.39, 0.29) is 42.2 Å². The van der Waals surface area contributed by atoms with Gasteiger partial charge in [0, 0.05) is 32.2 Å². The summed E-state index contributed by atoms with van der Waals surface area (Å²) in [6, 6.07) is 13.3. The van der Waals surface area contributed by atoms with E-state index in [1.54, 1.807) is 12.1 Å². The molecule has 176 valence electrons. The van der Waals surface area contributed by atoms with Gasteiger partial charge in [-0.3, -0.25) is 4.90 Å². The van der Waals surface area contributed by atoms with Crippen molar-refractivity contribution >= 4 is 29.9 Å². The predicted octanol–water partition coefficient (Wildman–Crippen LogP) is 3.66. The molecule has 32 heavy (non-hydrogen) atoms. The number of rotatable bonds is 8. The number of aliphatic imine (C=N–C) groups is 1. The number of halogens is 2. The van der Waals surface area contributed by atoms with E-state index in [1.807, 2.05) is 30.3 Å². The smallest absolute Gasteiger partial charge is 0.191 e. The SMILES string of the molecule is CCNC(=NCc1ccccc1CO)NC1CCN(Cc2ccc(OC)c(F)c2)CC1.I. The maximum atomic E-state index is 13.9. The predicted molar refractivity (Wildman–Crippen MR) is 137 cm³/mol. The van der Waals surface area contributed by atoms with Crippen LogP contribution in [0.4, 0.5) is 4.39 Å². The fourth-order valence-corrected chi connectivity index (χ4v) is 3.85. The second-order valence-corrected chi connectivity index (χ2v) is 7.79. The summed E-state index contributed by atoms with van der Waals surface area (Å²) in [5, 5.41) is 16.4. The molecule has 0 spiro atoms. The lowest BCUT2D eigenvalue weighted by atomic mass is 10.0. The number of piperidine rings is 1. The number of hydrogen-bond donors (Lipinski definition) is 3. The third-order valence-corrected chi connectivity index (χ3v) is 5.59. The summed E-state index contributed by atoms with van der Waals surface area (Å²) in [4.78, 5) is 7.06. The highest BCUT2D eigenvalue weighted by Crippen LogP contribution is 2.20. The Morgan fingerprint density at radius 3 is 2.53 bits per heavy atom. The Bertz CT molecular complexity index is 873. The van der Waals surface area contributed by atoms with Gasteiger partial charge in [-0.2, -0.15) is 0 Å². The van der Waals surface area contributed by atoms with Gasteiger partial charge in [-0.25, -0.2) is 9.38 Å². The lowest BCUT2D eigenvalue weighted by Gasteiger charge is -2.33. The molecule has 1 saturated heterocycles. The standard InChI is InChI=1S/C24H33FN4O2.HI/c1-3-26-24(27-15-19-6-4-5-7-20(19)17-30)28-21-10-12-29(13-11-21)16-18-8-9-23(31-2)22(25)14-18;/h4-9,14,21,30H,3,10-13,15-17H2,1-2H3,(H2,26,27,28);1H. The summed E-state index contributed by atoms with van der Waals surface area (Å²) < 4.78 is 18.9. The maximum absolute atomic E-state index is 13.9. The van der Waals surface area contributed by atoms with Crippen molar-refractivity contribution in [3.8, 4) is 5.75 Å². The Hall–Kier alpha value is -1.91. The molecular weight excluding hydrogens is 522 g/mol. The van der Waals surface area contributed by atoms with Gasteiger partial charge < -0.3 is 20.5 Å². The molecule has 0 radical (unpaired) electrons. The van der Waals surface area contributed by atoms with Gasteiger partial charge in [-0.15, -0.1) is 24.0 Å². The van der Waals surface area contributed by atoms with Gasteiger partial charge in [0.05, 0.1) is 20.3 Å². The van der Waals surface area contributed by atoms with E-state index in [4.69, 9.17) is 9.73 Å². The lowest BCUT2D eigenvalue weighted by molar-refractivity contribution is 0.198. The van der Waals surface area contributed by atoms with Gasteiger partial charge in [0.25, 0.3) is 0 Å². The number of nitrogens with one attached hydrogen (secondary N) is 2. The fraction of sp³-hybridized carbons (Fsp3) is 0.458. The molecule has 0 saturated carbocycles. The minimum absolute atomic E-state index is 0. The van der Waals surface area contributed by atoms with Crippen molar-refractivity contribution in [3.63, 3.8) is 0 Å². The van der Waals surface area contributed by atoms with Crippen LogP contribution in [0.1, 0.15) is 36.5 Å². The molecule has 8 heteroatoms. The van der Waals surface area contributed by atoms with E-state index in [0.29, 0.717) is 12.6 Å². The molecule has 0 bridgehead atoms. The molecule has 1 heterocycles. The molecule has 0 aromatic heterocycles. The second-order valence-electron chi connectivity index (χ2n) is 7.79. The Morgan fingerprint density at radius 1 is 1.19 bits per heavy atom. The van der Waals surface area contributed by atoms with E-state index in [9.17, 15) is 9.50 Å². The van der Waals surface area contributed by atoms with Crippen molar-refractivity contribution in [1.82, 2.24) is 15.5 Å². The quantitative estimate of drug-likeness (QED) is 0.263. The monoisotopic (exact) mass is 556 g/mol. The first-order chi connectivity index (χ1) is 15.1. The first kappa shape index (κ1) is 26.3. The number of aliphatic hydroxyl groups is 1. The van der Waals surface area contributed by atoms with Gasteiger partial charge in [0.1, 0.15) is 0 Å². The average molecular weight is 556 g/mol. The molecule has 0 amide bonds. The number of methoxy groups -OCH3 is 1. The molecule has 6 nitrogen and oxygen atoms in total. The number of guanidine groups is 1. The lowest BCUT2D eigenvalue weighted by Crippen LogP contribution is -2.48. The first-order valence-corrected chi connectivity index (χ1v) is 10.9. The summed E-state index contributed by atoms with van der Waals surface area (Å²) in [6.07, 6.45) is 1.99. The van der Waals surface area contributed by atoms with Crippen molar-refractivity contribution in [2.75, 3.05) is 26.7 Å². The van der Waals surface area contributed by atoms with Crippen LogP contribution in [-0.4, -0.2) is 48.8 Å². The molecule has 2 aromatic rings. The van der Waals surface area contributed by atoms with Crippen molar-refractivity contribution < 1.29 is 14.2 Å². The first-order valence-electron chi connectivity index (χ1n) is 10.9. The van der Waals surface area contributed by atoms with Crippen LogP contribution in [0.2, 0.25) is 0 Å². The molecule has 1 fully saturated rings. The molecular formula is C24H34FIN4O2. The molecule has 3 rings (SSSR count). The normalized spacial score (nSPS) is 15.2. The number of benzene rings is 2. The van der Waals surface area contributed by atoms with E-state index in [0.717, 1.165) is 61.7 Å². The van der Waals surface area contributed by atoms with Crippen molar-refractivity contribution in [3.05, 3.63) is 65.0 Å². The van der Waals surface area contributed by atoms with Gasteiger partial charge >= 0.3 is 0 Å². The minimum Gasteiger partial charge on any atom is -0.494 e. The second kappa shape index (κ2) is 13.6. The van der Waals surface area contributed by atoms with Gasteiger partial charge in [0.15, 0.2) is 17.5 Å². The zero-order chi connectivity index (χ0) is 22.1. The van der Waals surface area contributed by atoms with Gasteiger partial charge in [-0.1, -0.05) is 30.3 Å². The number of likely N-dealkylation sites (tertiary alicyclic amines) is 1. The van der Waals surface area contributed by atoms with Crippen molar-refractivity contribution in [2.45, 2.75) is 45.5 Å². The zero-order valence-corrected chi connectivity index (χ0v) is 21.1. The molecule has 2 aromatic carbocycles. The van der Waals surface area contributed by atoms with E-state index >= 15 is 0 Å². The van der Waals surface area contributed by atoms with Crippen LogP contribution >= 0.6 is 24.0 Å². The Kier molecular flexibility index (Phi) is 11.2. The largest absolute Gasteiger partial charge is 0.494 e. The van der Waals surface area contributed by atoms with E-state index in [2.05, 4.69) is 22.5 Å². The van der Waals surface area contributed by atoms with Gasteiger partial charge in [0.2, 0.25) is 0 Å². The number of nitrogens with zero attached hydrogens (tertiary/aromatic N) is 2. The Morgan fingerprint density at radius 2 is 1.91 bits per heavy atom. The summed E-state index contributed by atoms with van der Waals surface area (Å²) in [5.74, 6) is 0.764. The van der Waals surface area contributed by atoms with Crippen LogP contribution in [0.15, 0.2) is 47.5 Å². The van der Waals surface area contributed by atoms with Crippen molar-refractivity contribution in [1.29, 1.82) is 0 Å². The van der Waals surface area contributed by atoms with Crippen LogP contribution < -0.4 is 15.4 Å². The molecule has 3 N–H and O–H groups in total. The number of hydrogen-bond acceptors (Lipinski definition) is 4. The van der Waals surface area contributed by atoms with Gasteiger partial charge in [-0.05, 0) is 48.6 Å². The Labute approximate surface area is 207 Å². The fourth-order valence-electron chi connectivity index (χ4n) is 3.85. The number of aliphatic hydroxyl groups excluding tert-OH is 1. The van der Waals surface area contributed by atoms with E-state index < -0.39 is 0 Å². The summed E-state index contributed by atoms with van der Waals surface area (Å²) >= 11 is 0. The highest BCUT2D eigenvalue weighted by molar-refractivity contribution is 14.0. The summed E-state index contributed by atoms with van der Waals surface area (Å²) in [6.45, 7) is 6.00. The maximum Gasteiger partial charge on any atom is 0.191 e. The van der Waals surface area contributed by atoms with Crippen LogP contribution in [0.5, 0.6) is 5.75 Å². The topological polar surface area (TPSA) is 69.1 Å². The molecule has 1 aliphatic rings. The van der Waals surface area contributed by atoms with Crippen LogP contribution in [0, 0.1) is 5.82 Å². The summed E-state index contributed by atoms with van der Waals surface area (Å²) in [7, 11) is 1.48. The molecule has 1 aliphatic heterocycles. The highest BCUT2D eigenvalue weighted by Gasteiger charge is 2.20. The highest BCUT2D eigenvalue weighted by atomic mass is 127. The average Bonchev–Trinajstić information content (AvgIpc) is 2.79. The van der Waals surface area contributed by atoms with Crippen LogP contribution in [0.25, 0.3) is 0 Å². The Balaban J connectivity index is 0.00000363. The molecule has 0 unspecified atom stereocenters. The van der Waals surface area contributed by atoms with Crippen LogP contribution in [0.3, 0.4) is 0 Å². The molecule has 0 atom stereocenters. The van der Waals surface area contributed by atoms with Crippen LogP contribution in [-0.2, 0) is 19.7 Å². The van der Waals surface area contributed by atoms with Crippen molar-refractivity contribution in [2.24, 2.45) is 4.99 Å². The summed E-state index contributed by atoms with van der Waals surface area (Å²) in [5.41, 5.74) is 2.90. The zero-order valence-electron chi connectivity index (χ0n) is 18.8. The van der Waals surface area contributed by atoms with E-state index in [1.165, 1.54) is 7.11 Å². The minimum atomic E-state index is -0.314.